The highest BCUT2D eigenvalue weighted by Gasteiger charge is 2.30. The van der Waals surface area contributed by atoms with Gasteiger partial charge in [0.25, 0.3) is 0 Å². The molecule has 0 aromatic rings. The second-order valence-electron chi connectivity index (χ2n) is 7.30. The summed E-state index contributed by atoms with van der Waals surface area (Å²) in [4.78, 5) is 14.8. The Morgan fingerprint density at radius 2 is 1.91 bits per heavy atom. The fraction of sp³-hybridized carbons (Fsp3) is 0.938. The lowest BCUT2D eigenvalue weighted by molar-refractivity contribution is -0.126. The fourth-order valence-corrected chi connectivity index (χ4v) is 4.52. The quantitative estimate of drug-likeness (QED) is 0.804. The van der Waals surface area contributed by atoms with Crippen molar-refractivity contribution in [1.82, 2.24) is 14.5 Å². The Labute approximate surface area is 140 Å². The number of nitrogens with zero attached hydrogens (tertiary/aromatic N) is 2. The molecular weight excluding hydrogens is 314 g/mol. The van der Waals surface area contributed by atoms with Crippen LogP contribution in [0.1, 0.15) is 39.5 Å². The van der Waals surface area contributed by atoms with Gasteiger partial charge in [-0.15, -0.1) is 0 Å². The first-order chi connectivity index (χ1) is 10.8. The van der Waals surface area contributed by atoms with Crippen molar-refractivity contribution in [1.29, 1.82) is 0 Å². The highest BCUT2D eigenvalue weighted by Crippen LogP contribution is 2.20. The summed E-state index contributed by atoms with van der Waals surface area (Å²) in [6.45, 7) is 8.13. The van der Waals surface area contributed by atoms with Gasteiger partial charge in [-0.3, -0.25) is 9.69 Å². The standard InChI is InChI=1S/C16H31N3O3S/c1-13-6-4-8-18(11-13)14(2)10-17-16(20)15-7-5-9-19(12-15)23(3,21)22/h13-15H,4-12H2,1-3H3,(H,17,20)/t13-,14-,15+/m1/s1. The van der Waals surface area contributed by atoms with E-state index >= 15 is 0 Å². The lowest BCUT2D eigenvalue weighted by Crippen LogP contribution is -2.49. The first-order valence-electron chi connectivity index (χ1n) is 8.74. The van der Waals surface area contributed by atoms with E-state index in [1.807, 2.05) is 0 Å². The molecule has 6 nitrogen and oxygen atoms in total. The van der Waals surface area contributed by atoms with E-state index in [1.54, 1.807) is 0 Å². The molecule has 0 unspecified atom stereocenters. The maximum atomic E-state index is 12.4. The largest absolute Gasteiger partial charge is 0.354 e. The summed E-state index contributed by atoms with van der Waals surface area (Å²) in [5.41, 5.74) is 0. The van der Waals surface area contributed by atoms with E-state index < -0.39 is 10.0 Å². The summed E-state index contributed by atoms with van der Waals surface area (Å²) in [6.07, 6.45) is 5.26. The van der Waals surface area contributed by atoms with Crippen molar-refractivity contribution in [3.8, 4) is 0 Å². The van der Waals surface area contributed by atoms with E-state index in [2.05, 4.69) is 24.1 Å². The van der Waals surface area contributed by atoms with Crippen LogP contribution in [0.4, 0.5) is 0 Å². The monoisotopic (exact) mass is 345 g/mol. The van der Waals surface area contributed by atoms with Crippen LogP contribution in [-0.4, -0.2) is 68.6 Å². The van der Waals surface area contributed by atoms with Gasteiger partial charge in [0.15, 0.2) is 0 Å². The van der Waals surface area contributed by atoms with E-state index in [0.717, 1.165) is 31.8 Å². The molecule has 1 N–H and O–H groups in total. The number of carbonyl (C=O) groups is 1. The Balaban J connectivity index is 1.80. The molecule has 0 aliphatic carbocycles. The molecule has 134 valence electrons. The molecule has 0 spiro atoms. The number of nitrogens with one attached hydrogen (secondary N) is 1. The molecule has 0 bridgehead atoms. The van der Waals surface area contributed by atoms with Crippen molar-refractivity contribution in [3.05, 3.63) is 0 Å². The molecule has 0 aromatic carbocycles. The average molecular weight is 346 g/mol. The van der Waals surface area contributed by atoms with Gasteiger partial charge in [0.05, 0.1) is 12.2 Å². The molecule has 2 aliphatic heterocycles. The Kier molecular flexibility index (Phi) is 6.45. The van der Waals surface area contributed by atoms with Crippen LogP contribution in [-0.2, 0) is 14.8 Å². The zero-order chi connectivity index (χ0) is 17.0. The molecule has 2 heterocycles. The van der Waals surface area contributed by atoms with Crippen molar-refractivity contribution in [2.75, 3.05) is 39.0 Å². The predicted octanol–water partition coefficient (Wildman–Crippen LogP) is 0.895. The first kappa shape index (κ1) is 18.7. The fourth-order valence-electron chi connectivity index (χ4n) is 3.61. The van der Waals surface area contributed by atoms with Gasteiger partial charge in [0.2, 0.25) is 15.9 Å². The molecule has 0 aromatic heterocycles. The van der Waals surface area contributed by atoms with E-state index in [-0.39, 0.29) is 11.8 Å². The minimum absolute atomic E-state index is 0.00439. The summed E-state index contributed by atoms with van der Waals surface area (Å²) in [5, 5.41) is 3.03. The number of piperidine rings is 2. The molecule has 2 aliphatic rings. The highest BCUT2D eigenvalue weighted by molar-refractivity contribution is 7.88. The highest BCUT2D eigenvalue weighted by atomic mass is 32.2. The summed E-state index contributed by atoms with van der Waals surface area (Å²) >= 11 is 0. The van der Waals surface area contributed by atoms with E-state index in [4.69, 9.17) is 0 Å². The lowest BCUT2D eigenvalue weighted by Gasteiger charge is -2.36. The van der Waals surface area contributed by atoms with Crippen LogP contribution in [0, 0.1) is 11.8 Å². The van der Waals surface area contributed by atoms with Gasteiger partial charge >= 0.3 is 0 Å². The van der Waals surface area contributed by atoms with Crippen molar-refractivity contribution >= 4 is 15.9 Å². The minimum atomic E-state index is -3.20. The average Bonchev–Trinajstić information content (AvgIpc) is 2.51. The molecule has 7 heteroatoms. The molecule has 0 radical (unpaired) electrons. The van der Waals surface area contributed by atoms with Crippen molar-refractivity contribution < 1.29 is 13.2 Å². The van der Waals surface area contributed by atoms with Crippen LogP contribution in [0.5, 0.6) is 0 Å². The molecule has 0 saturated carbocycles. The van der Waals surface area contributed by atoms with Crippen LogP contribution in [0.3, 0.4) is 0 Å². The summed E-state index contributed by atoms with van der Waals surface area (Å²) in [7, 11) is -3.20. The van der Waals surface area contributed by atoms with E-state index in [9.17, 15) is 13.2 Å². The summed E-state index contributed by atoms with van der Waals surface area (Å²) in [5.74, 6) is 0.504. The topological polar surface area (TPSA) is 69.7 Å². The number of sulfonamides is 1. The van der Waals surface area contributed by atoms with Gasteiger partial charge in [-0.2, -0.15) is 0 Å². The third-order valence-electron chi connectivity index (χ3n) is 5.11. The zero-order valence-corrected chi connectivity index (χ0v) is 15.4. The number of hydrogen-bond acceptors (Lipinski definition) is 4. The Morgan fingerprint density at radius 1 is 1.22 bits per heavy atom. The van der Waals surface area contributed by atoms with Gasteiger partial charge in [0.1, 0.15) is 0 Å². The maximum Gasteiger partial charge on any atom is 0.224 e. The van der Waals surface area contributed by atoms with Gasteiger partial charge < -0.3 is 5.32 Å². The first-order valence-corrected chi connectivity index (χ1v) is 10.6. The summed E-state index contributed by atoms with van der Waals surface area (Å²) in [6, 6.07) is 0.330. The van der Waals surface area contributed by atoms with Crippen molar-refractivity contribution in [3.63, 3.8) is 0 Å². The SMILES string of the molecule is C[C@@H]1CCCN([C@H](C)CNC(=O)[C@H]2CCCN(S(C)(=O)=O)C2)C1. The maximum absolute atomic E-state index is 12.4. The number of hydrogen-bond donors (Lipinski definition) is 1. The second-order valence-corrected chi connectivity index (χ2v) is 9.28. The van der Waals surface area contributed by atoms with Gasteiger partial charge in [0, 0.05) is 32.2 Å². The Morgan fingerprint density at radius 3 is 2.57 bits per heavy atom. The zero-order valence-electron chi connectivity index (χ0n) is 14.6. The van der Waals surface area contributed by atoms with Gasteiger partial charge in [-0.25, -0.2) is 12.7 Å². The molecule has 2 saturated heterocycles. The van der Waals surface area contributed by atoms with Crippen LogP contribution in [0.15, 0.2) is 0 Å². The smallest absolute Gasteiger partial charge is 0.224 e. The molecule has 3 atom stereocenters. The van der Waals surface area contributed by atoms with E-state index in [1.165, 1.54) is 23.4 Å². The molecular formula is C16H31N3O3S. The second kappa shape index (κ2) is 7.94. The molecule has 2 fully saturated rings. The van der Waals surface area contributed by atoms with Crippen molar-refractivity contribution in [2.24, 2.45) is 11.8 Å². The third kappa shape index (κ3) is 5.43. The normalized spacial score (nSPS) is 29.2. The molecule has 1 amide bonds. The lowest BCUT2D eigenvalue weighted by atomic mass is 9.98. The van der Waals surface area contributed by atoms with Crippen LogP contribution < -0.4 is 5.32 Å². The predicted molar refractivity (Wildman–Crippen MR) is 91.6 cm³/mol. The molecule has 2 rings (SSSR count). The third-order valence-corrected chi connectivity index (χ3v) is 6.38. The number of amides is 1. The minimum Gasteiger partial charge on any atom is -0.354 e. The molecule has 23 heavy (non-hydrogen) atoms. The van der Waals surface area contributed by atoms with Gasteiger partial charge in [-0.05, 0) is 45.1 Å². The van der Waals surface area contributed by atoms with Crippen molar-refractivity contribution in [2.45, 2.75) is 45.6 Å². The number of likely N-dealkylation sites (tertiary alicyclic amines) is 1. The van der Waals surface area contributed by atoms with Gasteiger partial charge in [-0.1, -0.05) is 6.92 Å². The summed E-state index contributed by atoms with van der Waals surface area (Å²) < 4.78 is 24.7. The Hall–Kier alpha value is -0.660. The Bertz CT molecular complexity index is 509. The van der Waals surface area contributed by atoms with Crippen LogP contribution in [0.2, 0.25) is 0 Å². The number of rotatable bonds is 5. The number of carbonyl (C=O) groups excluding carboxylic acids is 1. The van der Waals surface area contributed by atoms with Crippen LogP contribution in [0.25, 0.3) is 0 Å². The van der Waals surface area contributed by atoms with Crippen LogP contribution >= 0.6 is 0 Å². The van der Waals surface area contributed by atoms with E-state index in [0.29, 0.717) is 25.7 Å².